The van der Waals surface area contributed by atoms with E-state index in [4.69, 9.17) is 14.6 Å². The number of para-hydroxylation sites is 1. The Kier molecular flexibility index (Phi) is 5.81. The number of carboxylic acids is 1. The topological polar surface area (TPSA) is 84.9 Å². The molecule has 2 unspecified atom stereocenters. The highest BCUT2D eigenvalue weighted by molar-refractivity contribution is 5.86. The highest BCUT2D eigenvalue weighted by atomic mass is 16.5. The van der Waals surface area contributed by atoms with Gasteiger partial charge in [-0.2, -0.15) is 0 Å². The summed E-state index contributed by atoms with van der Waals surface area (Å²) in [5.74, 6) is -1.11. The molecule has 1 aromatic rings. The summed E-state index contributed by atoms with van der Waals surface area (Å²) >= 11 is 0. The first kappa shape index (κ1) is 15.0. The van der Waals surface area contributed by atoms with E-state index in [-0.39, 0.29) is 6.61 Å². The van der Waals surface area contributed by atoms with Crippen LogP contribution in [0, 0.1) is 0 Å². The maximum absolute atomic E-state index is 11.8. The van der Waals surface area contributed by atoms with Gasteiger partial charge < -0.3 is 19.9 Å². The van der Waals surface area contributed by atoms with Gasteiger partial charge in [0.1, 0.15) is 5.75 Å². The number of carboxylic acid groups (broad SMARTS) is 1. The van der Waals surface area contributed by atoms with Gasteiger partial charge in [0, 0.05) is 7.11 Å². The first-order chi connectivity index (χ1) is 9.04. The molecule has 0 aliphatic carbocycles. The maximum Gasteiger partial charge on any atom is 0.328 e. The average Bonchev–Trinajstić information content (AvgIpc) is 2.39. The van der Waals surface area contributed by atoms with Gasteiger partial charge >= 0.3 is 5.97 Å². The molecule has 0 bridgehead atoms. The van der Waals surface area contributed by atoms with Crippen molar-refractivity contribution in [2.75, 3.05) is 13.7 Å². The van der Waals surface area contributed by atoms with Crippen LogP contribution in [0.3, 0.4) is 0 Å². The van der Waals surface area contributed by atoms with Crippen molar-refractivity contribution >= 4 is 11.9 Å². The van der Waals surface area contributed by atoms with Gasteiger partial charge in [-0.1, -0.05) is 18.2 Å². The number of carbonyl (C=O) groups excluding carboxylic acids is 1. The molecule has 0 fully saturated rings. The lowest BCUT2D eigenvalue weighted by molar-refractivity contribution is -0.144. The first-order valence-corrected chi connectivity index (χ1v) is 5.78. The Morgan fingerprint density at radius 1 is 1.32 bits per heavy atom. The van der Waals surface area contributed by atoms with Crippen molar-refractivity contribution < 1.29 is 24.2 Å². The molecule has 6 heteroatoms. The Labute approximate surface area is 111 Å². The third-order valence-electron chi connectivity index (χ3n) is 2.37. The van der Waals surface area contributed by atoms with Crippen molar-refractivity contribution in [1.82, 2.24) is 5.32 Å². The highest BCUT2D eigenvalue weighted by Crippen LogP contribution is 2.10. The van der Waals surface area contributed by atoms with Gasteiger partial charge in [-0.3, -0.25) is 4.79 Å². The number of rotatable bonds is 7. The second kappa shape index (κ2) is 7.38. The fourth-order valence-electron chi connectivity index (χ4n) is 1.39. The molecule has 2 atom stereocenters. The van der Waals surface area contributed by atoms with Crippen LogP contribution in [-0.4, -0.2) is 42.8 Å². The van der Waals surface area contributed by atoms with Crippen molar-refractivity contribution in [3.63, 3.8) is 0 Å². The summed E-state index contributed by atoms with van der Waals surface area (Å²) in [4.78, 5) is 22.7. The molecule has 0 aliphatic rings. The fourth-order valence-corrected chi connectivity index (χ4v) is 1.39. The van der Waals surface area contributed by atoms with E-state index in [0.717, 1.165) is 0 Å². The second-order valence-corrected chi connectivity index (χ2v) is 3.93. The van der Waals surface area contributed by atoms with E-state index in [0.29, 0.717) is 5.75 Å². The Morgan fingerprint density at radius 3 is 2.47 bits per heavy atom. The minimum absolute atomic E-state index is 0.0981. The largest absolute Gasteiger partial charge is 0.481 e. The Hall–Kier alpha value is -2.08. The number of amides is 1. The van der Waals surface area contributed by atoms with Crippen LogP contribution < -0.4 is 10.1 Å². The number of hydrogen-bond donors (Lipinski definition) is 2. The van der Waals surface area contributed by atoms with Gasteiger partial charge in [-0.15, -0.1) is 0 Å². The van der Waals surface area contributed by atoms with Crippen LogP contribution >= 0.6 is 0 Å². The fraction of sp³-hybridized carbons (Fsp3) is 0.385. The molecule has 19 heavy (non-hydrogen) atoms. The lowest BCUT2D eigenvalue weighted by Crippen LogP contribution is -2.48. The molecule has 1 amide bonds. The molecular weight excluding hydrogens is 250 g/mol. The third-order valence-corrected chi connectivity index (χ3v) is 2.37. The van der Waals surface area contributed by atoms with Gasteiger partial charge in [0.15, 0.2) is 12.1 Å². The quantitative estimate of drug-likeness (QED) is 0.758. The van der Waals surface area contributed by atoms with Crippen LogP contribution in [0.1, 0.15) is 6.92 Å². The summed E-state index contributed by atoms with van der Waals surface area (Å²) < 4.78 is 10.1. The minimum atomic E-state index is -1.15. The zero-order valence-electron chi connectivity index (χ0n) is 10.8. The van der Waals surface area contributed by atoms with E-state index in [1.54, 1.807) is 31.2 Å². The van der Waals surface area contributed by atoms with Crippen LogP contribution in [0.4, 0.5) is 0 Å². The normalized spacial score (nSPS) is 13.4. The molecule has 0 saturated heterocycles. The summed E-state index contributed by atoms with van der Waals surface area (Å²) in [6, 6.07) is 7.74. The SMILES string of the molecule is COCC(NC(=O)C(C)Oc1ccccc1)C(=O)O. The lowest BCUT2D eigenvalue weighted by Gasteiger charge is -2.18. The van der Waals surface area contributed by atoms with Gasteiger partial charge in [-0.05, 0) is 19.1 Å². The molecule has 1 rings (SSSR count). The molecule has 0 aliphatic heterocycles. The van der Waals surface area contributed by atoms with Crippen molar-refractivity contribution in [3.8, 4) is 5.75 Å². The highest BCUT2D eigenvalue weighted by Gasteiger charge is 2.23. The van der Waals surface area contributed by atoms with Crippen LogP contribution in [0.25, 0.3) is 0 Å². The standard InChI is InChI=1S/C13H17NO5/c1-9(19-10-6-4-3-5-7-10)12(15)14-11(8-18-2)13(16)17/h3-7,9,11H,8H2,1-2H3,(H,14,15)(H,16,17). The number of aliphatic carboxylic acids is 1. The lowest BCUT2D eigenvalue weighted by atomic mass is 10.2. The molecular formula is C13H17NO5. The third kappa shape index (κ3) is 4.97. The average molecular weight is 267 g/mol. The molecule has 0 radical (unpaired) electrons. The summed E-state index contributed by atoms with van der Waals surface area (Å²) in [6.07, 6.45) is -0.791. The molecule has 0 spiro atoms. The Balaban J connectivity index is 2.54. The Morgan fingerprint density at radius 2 is 1.95 bits per heavy atom. The molecule has 0 aromatic heterocycles. The van der Waals surface area contributed by atoms with E-state index in [2.05, 4.69) is 5.32 Å². The van der Waals surface area contributed by atoms with Crippen molar-refractivity contribution in [1.29, 1.82) is 0 Å². The van der Waals surface area contributed by atoms with Crippen LogP contribution in [0.15, 0.2) is 30.3 Å². The van der Waals surface area contributed by atoms with E-state index in [1.807, 2.05) is 6.07 Å². The molecule has 2 N–H and O–H groups in total. The number of hydrogen-bond acceptors (Lipinski definition) is 4. The smallest absolute Gasteiger partial charge is 0.328 e. The molecule has 6 nitrogen and oxygen atoms in total. The van der Waals surface area contributed by atoms with Gasteiger partial charge in [-0.25, -0.2) is 4.79 Å². The van der Waals surface area contributed by atoms with Crippen LogP contribution in [0.2, 0.25) is 0 Å². The van der Waals surface area contributed by atoms with Gasteiger partial charge in [0.25, 0.3) is 5.91 Å². The monoisotopic (exact) mass is 267 g/mol. The Bertz CT molecular complexity index is 420. The number of carbonyl (C=O) groups is 2. The molecule has 104 valence electrons. The predicted octanol–water partition coefficient (Wildman–Crippen LogP) is 0.670. The summed E-state index contributed by atoms with van der Waals surface area (Å²) in [6.45, 7) is 1.45. The van der Waals surface area contributed by atoms with Crippen molar-refractivity contribution in [2.45, 2.75) is 19.1 Å². The number of ether oxygens (including phenoxy) is 2. The van der Waals surface area contributed by atoms with E-state index in [1.165, 1.54) is 7.11 Å². The molecule has 0 saturated carbocycles. The van der Waals surface area contributed by atoms with E-state index in [9.17, 15) is 9.59 Å². The number of benzene rings is 1. The second-order valence-electron chi connectivity index (χ2n) is 3.93. The molecule has 0 heterocycles. The first-order valence-electron chi connectivity index (χ1n) is 5.78. The summed E-state index contributed by atoms with van der Waals surface area (Å²) in [5, 5.41) is 11.2. The van der Waals surface area contributed by atoms with Crippen LogP contribution in [0.5, 0.6) is 5.75 Å². The number of methoxy groups -OCH3 is 1. The van der Waals surface area contributed by atoms with Crippen LogP contribution in [-0.2, 0) is 14.3 Å². The maximum atomic E-state index is 11.8. The van der Waals surface area contributed by atoms with Crippen molar-refractivity contribution in [3.05, 3.63) is 30.3 Å². The zero-order valence-corrected chi connectivity index (χ0v) is 10.8. The summed E-state index contributed by atoms with van der Waals surface area (Å²) in [7, 11) is 1.37. The van der Waals surface area contributed by atoms with Crippen molar-refractivity contribution in [2.24, 2.45) is 0 Å². The molecule has 1 aromatic carbocycles. The van der Waals surface area contributed by atoms with Gasteiger partial charge in [0.2, 0.25) is 0 Å². The predicted molar refractivity (Wildman–Crippen MR) is 68.0 cm³/mol. The van der Waals surface area contributed by atoms with E-state index >= 15 is 0 Å². The van der Waals surface area contributed by atoms with E-state index < -0.39 is 24.0 Å². The van der Waals surface area contributed by atoms with Gasteiger partial charge in [0.05, 0.1) is 6.61 Å². The summed E-state index contributed by atoms with van der Waals surface area (Å²) in [5.41, 5.74) is 0. The zero-order chi connectivity index (χ0) is 14.3. The minimum Gasteiger partial charge on any atom is -0.481 e. The number of nitrogens with one attached hydrogen (secondary N) is 1.